The molecule has 0 aromatic carbocycles. The molecule has 5 heteroatoms. The monoisotopic (exact) mass is 243 g/mol. The fourth-order valence-corrected chi connectivity index (χ4v) is 2.02. The van der Waals surface area contributed by atoms with Gasteiger partial charge in [0.2, 0.25) is 5.91 Å². The Bertz CT molecular complexity index is 267. The first-order valence-electron chi connectivity index (χ1n) is 6.24. The van der Waals surface area contributed by atoms with E-state index >= 15 is 0 Å². The molecule has 0 bridgehead atoms. The van der Waals surface area contributed by atoms with Gasteiger partial charge in [0.25, 0.3) is 0 Å². The molecular formula is C12H21NO4. The molecular weight excluding hydrogens is 222 g/mol. The molecule has 5 nitrogen and oxygen atoms in total. The summed E-state index contributed by atoms with van der Waals surface area (Å²) >= 11 is 0. The Morgan fingerprint density at radius 3 is 2.71 bits per heavy atom. The summed E-state index contributed by atoms with van der Waals surface area (Å²) in [6.07, 6.45) is 2.72. The second kappa shape index (κ2) is 7.27. The maximum atomic E-state index is 11.9. The number of carbonyl (C=O) groups excluding carboxylic acids is 1. The van der Waals surface area contributed by atoms with Gasteiger partial charge in [-0.25, -0.2) is 0 Å². The summed E-state index contributed by atoms with van der Waals surface area (Å²) in [5.41, 5.74) is 0. The minimum absolute atomic E-state index is 0.130. The minimum atomic E-state index is -0.796. The van der Waals surface area contributed by atoms with E-state index in [0.29, 0.717) is 39.0 Å². The van der Waals surface area contributed by atoms with Crippen LogP contribution in [-0.2, 0) is 14.3 Å². The lowest BCUT2D eigenvalue weighted by Crippen LogP contribution is -2.48. The highest BCUT2D eigenvalue weighted by molar-refractivity contribution is 5.76. The van der Waals surface area contributed by atoms with Crippen LogP contribution in [0.15, 0.2) is 0 Å². The van der Waals surface area contributed by atoms with Crippen molar-refractivity contribution in [1.29, 1.82) is 0 Å². The summed E-state index contributed by atoms with van der Waals surface area (Å²) in [5, 5.41) is 8.50. The molecule has 1 unspecified atom stereocenters. The van der Waals surface area contributed by atoms with E-state index in [1.54, 1.807) is 0 Å². The number of hydrogen-bond acceptors (Lipinski definition) is 3. The average Bonchev–Trinajstić information content (AvgIpc) is 2.34. The largest absolute Gasteiger partial charge is 0.481 e. The van der Waals surface area contributed by atoms with Gasteiger partial charge >= 0.3 is 5.97 Å². The number of nitrogens with zero attached hydrogens (tertiary/aromatic N) is 1. The predicted molar refractivity (Wildman–Crippen MR) is 62.7 cm³/mol. The first-order valence-corrected chi connectivity index (χ1v) is 6.24. The Labute approximate surface area is 102 Å². The van der Waals surface area contributed by atoms with Crippen LogP contribution < -0.4 is 0 Å². The molecule has 0 aromatic heterocycles. The van der Waals surface area contributed by atoms with Crippen molar-refractivity contribution < 1.29 is 19.4 Å². The summed E-state index contributed by atoms with van der Waals surface area (Å²) in [5.74, 6) is -0.666. The molecule has 1 fully saturated rings. The highest BCUT2D eigenvalue weighted by Gasteiger charge is 2.25. The van der Waals surface area contributed by atoms with Gasteiger partial charge in [-0.15, -0.1) is 0 Å². The molecule has 0 aromatic rings. The van der Waals surface area contributed by atoms with Gasteiger partial charge in [-0.3, -0.25) is 9.59 Å². The smallest absolute Gasteiger partial charge is 0.303 e. The number of unbranched alkanes of at least 4 members (excludes halogenated alkanes) is 1. The van der Waals surface area contributed by atoms with E-state index in [1.165, 1.54) is 0 Å². The number of hydrogen-bond donors (Lipinski definition) is 1. The van der Waals surface area contributed by atoms with Crippen molar-refractivity contribution in [2.24, 2.45) is 0 Å². The van der Waals surface area contributed by atoms with Crippen LogP contribution in [-0.4, -0.2) is 47.7 Å². The van der Waals surface area contributed by atoms with Crippen molar-refractivity contribution in [2.75, 3.05) is 19.8 Å². The van der Waals surface area contributed by atoms with E-state index < -0.39 is 5.97 Å². The molecule has 1 amide bonds. The van der Waals surface area contributed by atoms with E-state index in [-0.39, 0.29) is 18.4 Å². The van der Waals surface area contributed by atoms with E-state index in [2.05, 4.69) is 0 Å². The van der Waals surface area contributed by atoms with Crippen LogP contribution in [0.25, 0.3) is 0 Å². The van der Waals surface area contributed by atoms with Crippen molar-refractivity contribution in [3.8, 4) is 0 Å². The number of amides is 1. The summed E-state index contributed by atoms with van der Waals surface area (Å²) < 4.78 is 5.34. The molecule has 0 saturated carbocycles. The Morgan fingerprint density at radius 1 is 1.35 bits per heavy atom. The van der Waals surface area contributed by atoms with Crippen molar-refractivity contribution in [2.45, 2.75) is 45.1 Å². The number of carboxylic acid groups (broad SMARTS) is 1. The Kier molecular flexibility index (Phi) is 5.97. The van der Waals surface area contributed by atoms with Crippen LogP contribution in [0.1, 0.15) is 39.0 Å². The summed E-state index contributed by atoms with van der Waals surface area (Å²) in [7, 11) is 0. The number of aliphatic carboxylic acids is 1. The van der Waals surface area contributed by atoms with Crippen LogP contribution in [0, 0.1) is 0 Å². The molecule has 1 aliphatic rings. The Balaban J connectivity index is 2.27. The van der Waals surface area contributed by atoms with Gasteiger partial charge in [-0.05, 0) is 19.3 Å². The lowest BCUT2D eigenvalue weighted by Gasteiger charge is -2.35. The number of rotatable bonds is 6. The highest BCUT2D eigenvalue weighted by Crippen LogP contribution is 2.13. The third-order valence-corrected chi connectivity index (χ3v) is 3.05. The summed E-state index contributed by atoms with van der Waals surface area (Å²) in [6, 6.07) is 0.190. The first kappa shape index (κ1) is 14.0. The van der Waals surface area contributed by atoms with Gasteiger partial charge < -0.3 is 14.7 Å². The summed E-state index contributed by atoms with van der Waals surface area (Å²) in [6.45, 7) is 3.94. The van der Waals surface area contributed by atoms with Crippen molar-refractivity contribution in [1.82, 2.24) is 4.90 Å². The van der Waals surface area contributed by atoms with Crippen LogP contribution in [0.4, 0.5) is 0 Å². The quantitative estimate of drug-likeness (QED) is 0.713. The number of carboxylic acids is 1. The Hall–Kier alpha value is -1.10. The van der Waals surface area contributed by atoms with Crippen molar-refractivity contribution in [3.63, 3.8) is 0 Å². The molecule has 1 aliphatic heterocycles. The van der Waals surface area contributed by atoms with Crippen molar-refractivity contribution in [3.05, 3.63) is 0 Å². The van der Waals surface area contributed by atoms with Gasteiger partial charge in [0.05, 0.1) is 19.3 Å². The highest BCUT2D eigenvalue weighted by atomic mass is 16.5. The first-order chi connectivity index (χ1) is 8.15. The lowest BCUT2D eigenvalue weighted by molar-refractivity contribution is -0.141. The third-order valence-electron chi connectivity index (χ3n) is 3.05. The zero-order valence-electron chi connectivity index (χ0n) is 10.4. The zero-order chi connectivity index (χ0) is 12.7. The van der Waals surface area contributed by atoms with E-state index in [0.717, 1.165) is 6.42 Å². The number of ether oxygens (including phenoxy) is 1. The van der Waals surface area contributed by atoms with Crippen LogP contribution in [0.3, 0.4) is 0 Å². The Morgan fingerprint density at radius 2 is 2.06 bits per heavy atom. The minimum Gasteiger partial charge on any atom is -0.481 e. The number of morpholine rings is 1. The molecule has 0 aliphatic carbocycles. The van der Waals surface area contributed by atoms with Gasteiger partial charge in [-0.2, -0.15) is 0 Å². The van der Waals surface area contributed by atoms with Crippen molar-refractivity contribution >= 4 is 11.9 Å². The molecule has 1 heterocycles. The molecule has 1 N–H and O–H groups in total. The molecule has 1 rings (SSSR count). The molecule has 1 saturated heterocycles. The fraction of sp³-hybridized carbons (Fsp3) is 0.833. The van der Waals surface area contributed by atoms with E-state index in [1.807, 2.05) is 11.8 Å². The third kappa shape index (κ3) is 4.73. The van der Waals surface area contributed by atoms with Gasteiger partial charge in [0.15, 0.2) is 0 Å². The lowest BCUT2D eigenvalue weighted by atomic mass is 10.1. The molecule has 98 valence electrons. The predicted octanol–water partition coefficient (Wildman–Crippen LogP) is 1.27. The second-order valence-corrected chi connectivity index (χ2v) is 4.32. The van der Waals surface area contributed by atoms with Gasteiger partial charge in [0.1, 0.15) is 0 Å². The van der Waals surface area contributed by atoms with Crippen LogP contribution in [0.5, 0.6) is 0 Å². The van der Waals surface area contributed by atoms with Crippen LogP contribution >= 0.6 is 0 Å². The second-order valence-electron chi connectivity index (χ2n) is 4.32. The maximum absolute atomic E-state index is 11.9. The zero-order valence-corrected chi connectivity index (χ0v) is 10.4. The molecule has 0 spiro atoms. The summed E-state index contributed by atoms with van der Waals surface area (Å²) in [4.78, 5) is 24.1. The molecule has 1 atom stereocenters. The fourth-order valence-electron chi connectivity index (χ4n) is 2.02. The maximum Gasteiger partial charge on any atom is 0.303 e. The SMILES string of the molecule is CCC1COCCN1C(=O)CCCCC(=O)O. The average molecular weight is 243 g/mol. The molecule has 17 heavy (non-hydrogen) atoms. The molecule has 0 radical (unpaired) electrons. The number of carbonyl (C=O) groups is 2. The van der Waals surface area contributed by atoms with E-state index in [4.69, 9.17) is 9.84 Å². The standard InChI is InChI=1S/C12H21NO4/c1-2-10-9-17-8-7-13(10)11(14)5-3-4-6-12(15)16/h10H,2-9H2,1H3,(H,15,16). The van der Waals surface area contributed by atoms with E-state index in [9.17, 15) is 9.59 Å². The van der Waals surface area contributed by atoms with Gasteiger partial charge in [0, 0.05) is 19.4 Å². The van der Waals surface area contributed by atoms with Crippen LogP contribution in [0.2, 0.25) is 0 Å². The normalized spacial score (nSPS) is 20.3. The topological polar surface area (TPSA) is 66.8 Å². The van der Waals surface area contributed by atoms with Gasteiger partial charge in [-0.1, -0.05) is 6.92 Å².